The van der Waals surface area contributed by atoms with Crippen LogP contribution in [0.1, 0.15) is 27.7 Å². The number of carbonyl (C=O) groups excluding carboxylic acids is 2. The number of pyridine rings is 1. The van der Waals surface area contributed by atoms with Gasteiger partial charge in [-0.05, 0) is 35.4 Å². The predicted molar refractivity (Wildman–Crippen MR) is 104 cm³/mol. The van der Waals surface area contributed by atoms with Crippen LogP contribution in [0.4, 0.5) is 8.78 Å². The van der Waals surface area contributed by atoms with Gasteiger partial charge in [0.05, 0.1) is 6.04 Å². The molecule has 0 bridgehead atoms. The van der Waals surface area contributed by atoms with Crippen molar-refractivity contribution in [3.05, 3.63) is 95.8 Å². The van der Waals surface area contributed by atoms with E-state index in [4.69, 9.17) is 4.74 Å². The average molecular weight is 412 g/mol. The van der Waals surface area contributed by atoms with Crippen LogP contribution in [0.5, 0.6) is 5.75 Å². The molecule has 8 heteroatoms. The molecule has 0 saturated heterocycles. The number of carbonyl (C=O) groups is 2. The molecule has 2 aromatic carbocycles. The Morgan fingerprint density at radius 1 is 0.900 bits per heavy atom. The summed E-state index contributed by atoms with van der Waals surface area (Å²) in [5.74, 6) is -1.23. The maximum Gasteiger partial charge on any atom is 0.387 e. The smallest absolute Gasteiger partial charge is 0.387 e. The van der Waals surface area contributed by atoms with Gasteiger partial charge in [-0.3, -0.25) is 4.79 Å². The van der Waals surface area contributed by atoms with Crippen molar-refractivity contribution >= 4 is 11.9 Å². The van der Waals surface area contributed by atoms with Crippen LogP contribution in [0.3, 0.4) is 0 Å². The van der Waals surface area contributed by atoms with E-state index in [0.717, 1.165) is 5.56 Å². The summed E-state index contributed by atoms with van der Waals surface area (Å²) in [4.78, 5) is 28.2. The molecule has 1 aromatic heterocycles. The van der Waals surface area contributed by atoms with Crippen LogP contribution in [-0.2, 0) is 9.53 Å². The SMILES string of the molecule is O=C(COC(=O)c1ccccn1)N[C@@H](c1ccccc1)c1ccc(OC(F)F)cc1. The minimum absolute atomic E-state index is 0.0104. The molecular weight excluding hydrogens is 394 g/mol. The van der Waals surface area contributed by atoms with Crippen LogP contribution in [0.15, 0.2) is 79.0 Å². The van der Waals surface area contributed by atoms with Crippen molar-refractivity contribution < 1.29 is 27.8 Å². The topological polar surface area (TPSA) is 77.5 Å². The maximum absolute atomic E-state index is 12.4. The van der Waals surface area contributed by atoms with Crippen molar-refractivity contribution in [3.8, 4) is 5.75 Å². The van der Waals surface area contributed by atoms with Crippen molar-refractivity contribution in [1.29, 1.82) is 0 Å². The van der Waals surface area contributed by atoms with Gasteiger partial charge in [-0.2, -0.15) is 8.78 Å². The number of hydrogen-bond donors (Lipinski definition) is 1. The van der Waals surface area contributed by atoms with E-state index in [-0.39, 0.29) is 11.4 Å². The van der Waals surface area contributed by atoms with Crippen molar-refractivity contribution in [3.63, 3.8) is 0 Å². The molecule has 30 heavy (non-hydrogen) atoms. The average Bonchev–Trinajstić information content (AvgIpc) is 2.77. The van der Waals surface area contributed by atoms with Gasteiger partial charge in [0.1, 0.15) is 11.4 Å². The summed E-state index contributed by atoms with van der Waals surface area (Å²) in [6.07, 6.45) is 1.45. The molecule has 0 aliphatic rings. The number of nitrogens with one attached hydrogen (secondary N) is 1. The number of nitrogens with zero attached hydrogens (tertiary/aromatic N) is 1. The fourth-order valence-electron chi connectivity index (χ4n) is 2.74. The molecule has 1 N–H and O–H groups in total. The molecule has 0 aliphatic carbocycles. The number of hydrogen-bond acceptors (Lipinski definition) is 5. The highest BCUT2D eigenvalue weighted by molar-refractivity contribution is 5.89. The largest absolute Gasteiger partial charge is 0.451 e. The van der Waals surface area contributed by atoms with Crippen molar-refractivity contribution in [2.75, 3.05) is 6.61 Å². The van der Waals surface area contributed by atoms with Crippen LogP contribution in [0, 0.1) is 0 Å². The van der Waals surface area contributed by atoms with E-state index in [0.29, 0.717) is 5.56 Å². The monoisotopic (exact) mass is 412 g/mol. The van der Waals surface area contributed by atoms with E-state index < -0.39 is 31.1 Å². The van der Waals surface area contributed by atoms with E-state index in [2.05, 4.69) is 15.0 Å². The maximum atomic E-state index is 12.4. The lowest BCUT2D eigenvalue weighted by atomic mass is 9.98. The molecule has 1 heterocycles. The lowest BCUT2D eigenvalue weighted by Gasteiger charge is -2.20. The summed E-state index contributed by atoms with van der Waals surface area (Å²) in [5, 5.41) is 2.79. The minimum Gasteiger partial charge on any atom is -0.451 e. The third-order valence-corrected chi connectivity index (χ3v) is 4.09. The molecule has 0 radical (unpaired) electrons. The Hall–Kier alpha value is -3.81. The zero-order chi connectivity index (χ0) is 21.3. The van der Waals surface area contributed by atoms with Crippen LogP contribution < -0.4 is 10.1 Å². The van der Waals surface area contributed by atoms with E-state index >= 15 is 0 Å². The summed E-state index contributed by atoms with van der Waals surface area (Å²) in [6.45, 7) is -3.42. The third-order valence-electron chi connectivity index (χ3n) is 4.09. The highest BCUT2D eigenvalue weighted by Gasteiger charge is 2.19. The van der Waals surface area contributed by atoms with Gasteiger partial charge in [-0.25, -0.2) is 9.78 Å². The molecule has 0 fully saturated rings. The van der Waals surface area contributed by atoms with Crippen LogP contribution in [-0.4, -0.2) is 30.1 Å². The zero-order valence-corrected chi connectivity index (χ0v) is 15.7. The molecule has 6 nitrogen and oxygen atoms in total. The van der Waals surface area contributed by atoms with Gasteiger partial charge in [0.25, 0.3) is 5.91 Å². The Balaban J connectivity index is 1.70. The number of alkyl halides is 2. The highest BCUT2D eigenvalue weighted by Crippen LogP contribution is 2.24. The number of halogens is 2. The lowest BCUT2D eigenvalue weighted by Crippen LogP contribution is -2.33. The molecule has 0 unspecified atom stereocenters. The molecule has 0 saturated carbocycles. The number of amides is 1. The van der Waals surface area contributed by atoms with Gasteiger partial charge in [0, 0.05) is 6.20 Å². The fourth-order valence-corrected chi connectivity index (χ4v) is 2.74. The second-order valence-electron chi connectivity index (χ2n) is 6.15. The molecule has 154 valence electrons. The van der Waals surface area contributed by atoms with Gasteiger partial charge in [-0.15, -0.1) is 0 Å². The first kappa shape index (κ1) is 20.9. The van der Waals surface area contributed by atoms with Crippen molar-refractivity contribution in [2.45, 2.75) is 12.7 Å². The summed E-state index contributed by atoms with van der Waals surface area (Å²) in [5.41, 5.74) is 1.51. The van der Waals surface area contributed by atoms with Crippen LogP contribution >= 0.6 is 0 Å². The predicted octanol–water partition coefficient (Wildman–Crippen LogP) is 3.75. The van der Waals surface area contributed by atoms with Gasteiger partial charge in [-0.1, -0.05) is 48.5 Å². The Kier molecular flexibility index (Phi) is 7.05. The first-order valence-corrected chi connectivity index (χ1v) is 9.00. The highest BCUT2D eigenvalue weighted by atomic mass is 19.3. The Labute approximate surface area is 171 Å². The first-order valence-electron chi connectivity index (χ1n) is 9.00. The van der Waals surface area contributed by atoms with Crippen LogP contribution in [0.25, 0.3) is 0 Å². The molecule has 0 aliphatic heterocycles. The number of ether oxygens (including phenoxy) is 2. The summed E-state index contributed by atoms with van der Waals surface area (Å²) in [7, 11) is 0. The number of esters is 1. The quantitative estimate of drug-likeness (QED) is 0.571. The van der Waals surface area contributed by atoms with E-state index in [1.807, 2.05) is 30.3 Å². The van der Waals surface area contributed by atoms with Gasteiger partial charge in [0.2, 0.25) is 0 Å². The molecule has 0 spiro atoms. The Morgan fingerprint density at radius 3 is 2.20 bits per heavy atom. The Bertz CT molecular complexity index is 967. The van der Waals surface area contributed by atoms with Crippen LogP contribution in [0.2, 0.25) is 0 Å². The van der Waals surface area contributed by atoms with Crippen molar-refractivity contribution in [2.24, 2.45) is 0 Å². The molecular formula is C22H18F2N2O4. The normalized spacial score (nSPS) is 11.6. The third kappa shape index (κ3) is 5.84. The van der Waals surface area contributed by atoms with Gasteiger partial charge < -0.3 is 14.8 Å². The molecule has 3 aromatic rings. The van der Waals surface area contributed by atoms with E-state index in [1.54, 1.807) is 24.3 Å². The minimum atomic E-state index is -2.92. The fraction of sp³-hybridized carbons (Fsp3) is 0.136. The van der Waals surface area contributed by atoms with Gasteiger partial charge in [0.15, 0.2) is 6.61 Å². The number of benzene rings is 2. The summed E-state index contributed by atoms with van der Waals surface area (Å²) in [6, 6.07) is 19.2. The van der Waals surface area contributed by atoms with E-state index in [1.165, 1.54) is 24.4 Å². The molecule has 1 atom stereocenters. The van der Waals surface area contributed by atoms with Gasteiger partial charge >= 0.3 is 12.6 Å². The molecule has 3 rings (SSSR count). The standard InChI is InChI=1S/C22H18F2N2O4/c23-22(24)30-17-11-9-16(10-12-17)20(15-6-2-1-3-7-15)26-19(27)14-29-21(28)18-8-4-5-13-25-18/h1-13,20,22H,14H2,(H,26,27)/t20-/m0/s1. The zero-order valence-electron chi connectivity index (χ0n) is 15.7. The first-order chi connectivity index (χ1) is 14.5. The number of rotatable bonds is 8. The molecule has 1 amide bonds. The summed E-state index contributed by atoms with van der Waals surface area (Å²) >= 11 is 0. The second-order valence-corrected chi connectivity index (χ2v) is 6.15. The second kappa shape index (κ2) is 10.1. The number of aromatic nitrogens is 1. The summed E-state index contributed by atoms with van der Waals surface area (Å²) < 4.78 is 34.1. The lowest BCUT2D eigenvalue weighted by molar-refractivity contribution is -0.124. The Morgan fingerprint density at radius 2 is 1.57 bits per heavy atom. The van der Waals surface area contributed by atoms with E-state index in [9.17, 15) is 18.4 Å². The van der Waals surface area contributed by atoms with Crippen molar-refractivity contribution in [1.82, 2.24) is 10.3 Å².